The summed E-state index contributed by atoms with van der Waals surface area (Å²) in [6.07, 6.45) is 1.24. The molecule has 2 N–H and O–H groups in total. The average Bonchev–Trinajstić information content (AvgIpc) is 2.33. The van der Waals surface area contributed by atoms with Gasteiger partial charge in [-0.15, -0.1) is 0 Å². The molecule has 18 heavy (non-hydrogen) atoms. The summed E-state index contributed by atoms with van der Waals surface area (Å²) in [5.74, 6) is 0.778. The molecule has 2 rings (SSSR count). The van der Waals surface area contributed by atoms with Crippen molar-refractivity contribution in [2.75, 3.05) is 5.73 Å². The van der Waals surface area contributed by atoms with Gasteiger partial charge in [0.2, 0.25) is 0 Å². The third-order valence-corrected chi connectivity index (χ3v) is 3.44. The van der Waals surface area contributed by atoms with Gasteiger partial charge in [-0.3, -0.25) is 0 Å². The lowest BCUT2D eigenvalue weighted by molar-refractivity contribution is 0.625. The normalized spacial score (nSPS) is 10.6. The zero-order chi connectivity index (χ0) is 13.1. The van der Waals surface area contributed by atoms with E-state index in [1.807, 2.05) is 13.0 Å². The predicted octanol–water partition coefficient (Wildman–Crippen LogP) is 3.11. The minimum absolute atomic E-state index is 0.256. The summed E-state index contributed by atoms with van der Waals surface area (Å²) in [6.45, 7) is 2.00. The number of halogens is 2. The lowest BCUT2D eigenvalue weighted by Gasteiger charge is -2.07. The fraction of sp³-hybridized carbons (Fsp3) is 0.231. The summed E-state index contributed by atoms with van der Waals surface area (Å²) >= 11 is 3.36. The number of hydrogen-bond acceptors (Lipinski definition) is 3. The van der Waals surface area contributed by atoms with Crippen molar-refractivity contribution >= 4 is 21.7 Å². The largest absolute Gasteiger partial charge is 0.383 e. The molecule has 2 aromatic rings. The molecule has 0 amide bonds. The van der Waals surface area contributed by atoms with Crippen molar-refractivity contribution in [3.05, 3.63) is 51.6 Å². The van der Waals surface area contributed by atoms with Crippen molar-refractivity contribution in [2.24, 2.45) is 0 Å². The van der Waals surface area contributed by atoms with E-state index in [9.17, 15) is 4.39 Å². The molecule has 0 spiro atoms. The molecule has 0 saturated carbocycles. The van der Waals surface area contributed by atoms with E-state index >= 15 is 0 Å². The van der Waals surface area contributed by atoms with E-state index in [1.165, 1.54) is 12.1 Å². The molecular formula is C13H13BrFN3. The molecule has 0 aliphatic heterocycles. The van der Waals surface area contributed by atoms with E-state index in [0.717, 1.165) is 22.2 Å². The summed E-state index contributed by atoms with van der Waals surface area (Å²) in [4.78, 5) is 8.62. The zero-order valence-corrected chi connectivity index (χ0v) is 11.5. The lowest BCUT2D eigenvalue weighted by Crippen LogP contribution is -2.05. The molecule has 0 bridgehead atoms. The first-order valence-electron chi connectivity index (χ1n) is 5.65. The minimum atomic E-state index is -0.256. The Labute approximate surface area is 113 Å². The maximum absolute atomic E-state index is 13.1. The van der Waals surface area contributed by atoms with Crippen LogP contribution in [0.3, 0.4) is 0 Å². The van der Waals surface area contributed by atoms with Crippen molar-refractivity contribution < 1.29 is 4.39 Å². The Bertz CT molecular complexity index is 572. The maximum atomic E-state index is 13.1. The summed E-state index contributed by atoms with van der Waals surface area (Å²) in [6, 6.07) is 6.41. The van der Waals surface area contributed by atoms with Gasteiger partial charge in [-0.1, -0.05) is 19.1 Å². The third-order valence-electron chi connectivity index (χ3n) is 2.58. The summed E-state index contributed by atoms with van der Waals surface area (Å²) < 4.78 is 13.8. The van der Waals surface area contributed by atoms with Crippen LogP contribution in [0.4, 0.5) is 10.2 Å². The van der Waals surface area contributed by atoms with Crippen LogP contribution < -0.4 is 5.73 Å². The standard InChI is InChI=1S/C13H13BrFN3/c1-2-10-12(14)13(16)18-11(17-10)7-8-4-3-5-9(15)6-8/h3-6H,2,7H2,1H3,(H2,16,17,18). The van der Waals surface area contributed by atoms with Crippen LogP contribution in [-0.2, 0) is 12.8 Å². The van der Waals surface area contributed by atoms with Crippen molar-refractivity contribution in [2.45, 2.75) is 19.8 Å². The molecule has 0 aliphatic carbocycles. The first kappa shape index (κ1) is 13.0. The summed E-state index contributed by atoms with van der Waals surface area (Å²) in [5.41, 5.74) is 7.51. The first-order valence-corrected chi connectivity index (χ1v) is 6.44. The molecule has 1 aromatic carbocycles. The molecule has 0 saturated heterocycles. The number of rotatable bonds is 3. The van der Waals surface area contributed by atoms with Crippen LogP contribution in [0.15, 0.2) is 28.7 Å². The van der Waals surface area contributed by atoms with Crippen molar-refractivity contribution in [3.63, 3.8) is 0 Å². The van der Waals surface area contributed by atoms with Gasteiger partial charge in [0.1, 0.15) is 17.5 Å². The molecule has 0 fully saturated rings. The van der Waals surface area contributed by atoms with E-state index in [0.29, 0.717) is 18.1 Å². The van der Waals surface area contributed by atoms with Crippen LogP contribution in [0.2, 0.25) is 0 Å². The molecule has 1 aromatic heterocycles. The van der Waals surface area contributed by atoms with Crippen LogP contribution in [0.1, 0.15) is 24.0 Å². The molecule has 0 radical (unpaired) electrons. The summed E-state index contributed by atoms with van der Waals surface area (Å²) in [7, 11) is 0. The second-order valence-corrected chi connectivity index (χ2v) is 4.74. The van der Waals surface area contributed by atoms with E-state index in [4.69, 9.17) is 5.73 Å². The van der Waals surface area contributed by atoms with Gasteiger partial charge < -0.3 is 5.73 Å². The highest BCUT2D eigenvalue weighted by Crippen LogP contribution is 2.22. The number of nitrogen functional groups attached to an aromatic ring is 1. The van der Waals surface area contributed by atoms with E-state index in [1.54, 1.807) is 6.07 Å². The van der Waals surface area contributed by atoms with Gasteiger partial charge in [0.25, 0.3) is 0 Å². The molecule has 0 aliphatic rings. The van der Waals surface area contributed by atoms with Crippen LogP contribution in [0, 0.1) is 5.82 Å². The number of nitrogens with zero attached hydrogens (tertiary/aromatic N) is 2. The van der Waals surface area contributed by atoms with Crippen LogP contribution >= 0.6 is 15.9 Å². The second kappa shape index (κ2) is 5.44. The Kier molecular flexibility index (Phi) is 3.91. The van der Waals surface area contributed by atoms with E-state index in [-0.39, 0.29) is 5.82 Å². The molecule has 5 heteroatoms. The smallest absolute Gasteiger partial charge is 0.141 e. The van der Waals surface area contributed by atoms with Crippen molar-refractivity contribution in [1.29, 1.82) is 0 Å². The molecule has 0 unspecified atom stereocenters. The minimum Gasteiger partial charge on any atom is -0.383 e. The number of benzene rings is 1. The summed E-state index contributed by atoms with van der Waals surface area (Å²) in [5, 5.41) is 0. The van der Waals surface area contributed by atoms with E-state index in [2.05, 4.69) is 25.9 Å². The number of aromatic nitrogens is 2. The highest BCUT2D eigenvalue weighted by atomic mass is 79.9. The Morgan fingerprint density at radius 1 is 1.33 bits per heavy atom. The molecule has 94 valence electrons. The van der Waals surface area contributed by atoms with Crippen LogP contribution in [-0.4, -0.2) is 9.97 Å². The number of aryl methyl sites for hydroxylation is 1. The van der Waals surface area contributed by atoms with Gasteiger partial charge in [-0.2, -0.15) is 0 Å². The van der Waals surface area contributed by atoms with Crippen molar-refractivity contribution in [1.82, 2.24) is 9.97 Å². The van der Waals surface area contributed by atoms with Crippen molar-refractivity contribution in [3.8, 4) is 0 Å². The third kappa shape index (κ3) is 2.85. The van der Waals surface area contributed by atoms with Gasteiger partial charge in [0, 0.05) is 6.42 Å². The Morgan fingerprint density at radius 2 is 2.11 bits per heavy atom. The lowest BCUT2D eigenvalue weighted by atomic mass is 10.1. The number of nitrogens with two attached hydrogens (primary N) is 1. The topological polar surface area (TPSA) is 51.8 Å². The Balaban J connectivity index is 2.32. The fourth-order valence-corrected chi connectivity index (χ4v) is 2.17. The number of anilines is 1. The fourth-order valence-electron chi connectivity index (χ4n) is 1.71. The monoisotopic (exact) mass is 309 g/mol. The van der Waals surface area contributed by atoms with Crippen LogP contribution in [0.5, 0.6) is 0 Å². The predicted molar refractivity (Wildman–Crippen MR) is 72.7 cm³/mol. The van der Waals surface area contributed by atoms with Gasteiger partial charge in [0.05, 0.1) is 10.2 Å². The molecular weight excluding hydrogens is 297 g/mol. The Morgan fingerprint density at radius 3 is 2.78 bits per heavy atom. The second-order valence-electron chi connectivity index (χ2n) is 3.95. The zero-order valence-electron chi connectivity index (χ0n) is 9.95. The van der Waals surface area contributed by atoms with Gasteiger partial charge in [0.15, 0.2) is 0 Å². The molecule has 3 nitrogen and oxygen atoms in total. The van der Waals surface area contributed by atoms with Gasteiger partial charge >= 0.3 is 0 Å². The highest BCUT2D eigenvalue weighted by molar-refractivity contribution is 9.10. The SMILES string of the molecule is CCc1nc(Cc2cccc(F)c2)nc(N)c1Br. The van der Waals surface area contributed by atoms with Gasteiger partial charge in [-0.05, 0) is 40.0 Å². The quantitative estimate of drug-likeness (QED) is 0.947. The molecule has 1 heterocycles. The first-order chi connectivity index (χ1) is 8.60. The average molecular weight is 310 g/mol. The highest BCUT2D eigenvalue weighted by Gasteiger charge is 2.09. The maximum Gasteiger partial charge on any atom is 0.141 e. The van der Waals surface area contributed by atoms with E-state index < -0.39 is 0 Å². The van der Waals surface area contributed by atoms with Gasteiger partial charge in [-0.25, -0.2) is 14.4 Å². The number of hydrogen-bond donors (Lipinski definition) is 1. The Hall–Kier alpha value is -1.49. The molecule has 0 atom stereocenters. The van der Waals surface area contributed by atoms with Crippen LogP contribution in [0.25, 0.3) is 0 Å².